The van der Waals surface area contributed by atoms with Crippen molar-refractivity contribution >= 4 is 11.8 Å². The van der Waals surface area contributed by atoms with Crippen LogP contribution >= 0.6 is 0 Å². The van der Waals surface area contributed by atoms with Crippen LogP contribution in [0.15, 0.2) is 0 Å². The fourth-order valence-corrected chi connectivity index (χ4v) is 2.76. The number of hydrogen-bond acceptors (Lipinski definition) is 5. The van der Waals surface area contributed by atoms with Gasteiger partial charge in [-0.25, -0.2) is 0 Å². The van der Waals surface area contributed by atoms with Crippen molar-refractivity contribution in [2.45, 2.75) is 46.5 Å². The lowest BCUT2D eigenvalue weighted by Crippen LogP contribution is -2.48. The maximum Gasteiger partial charge on any atom is 0.246 e. The Bertz CT molecular complexity index is 429. The summed E-state index contributed by atoms with van der Waals surface area (Å²) in [5.74, 6) is 0.0807. The highest BCUT2D eigenvalue weighted by Gasteiger charge is 2.16. The van der Waals surface area contributed by atoms with Gasteiger partial charge in [0.2, 0.25) is 11.8 Å². The first-order valence-electron chi connectivity index (χ1n) is 10.3. The summed E-state index contributed by atoms with van der Waals surface area (Å²) in [5.41, 5.74) is 0.0928. The van der Waals surface area contributed by atoms with Crippen molar-refractivity contribution in [1.29, 1.82) is 0 Å². The number of unbranched alkanes of at least 4 members (excludes halogenated alkanes) is 3. The van der Waals surface area contributed by atoms with Crippen molar-refractivity contribution in [2.24, 2.45) is 5.41 Å². The van der Waals surface area contributed by atoms with Crippen molar-refractivity contribution in [3.8, 4) is 0 Å². The molecule has 0 spiro atoms. The summed E-state index contributed by atoms with van der Waals surface area (Å²) in [6.07, 6.45) is 4.05. The maximum absolute atomic E-state index is 11.9. The van der Waals surface area contributed by atoms with Gasteiger partial charge in [-0.3, -0.25) is 14.5 Å². The maximum atomic E-state index is 11.9. The molecule has 0 atom stereocenters. The minimum Gasteiger partial charge on any atom is -0.372 e. The highest BCUT2D eigenvalue weighted by molar-refractivity contribution is 5.78. The smallest absolute Gasteiger partial charge is 0.246 e. The number of nitrogens with zero attached hydrogens (tertiary/aromatic N) is 2. The SMILES string of the molecule is CN1CCN(CC(=O)NCCCCCCOCC(=O)NCC(C)(C)C)CC1. The normalized spacial score (nSPS) is 16.3. The van der Waals surface area contributed by atoms with E-state index in [0.717, 1.165) is 58.4 Å². The number of piperazine rings is 1. The standard InChI is InChI=1S/C20H40N4O3/c1-20(2,3)17-22-19(26)16-27-14-8-6-5-7-9-21-18(25)15-24-12-10-23(4)11-13-24/h5-17H2,1-4H3,(H,21,25)(H,22,26). The molecule has 2 N–H and O–H groups in total. The van der Waals surface area contributed by atoms with Crippen LogP contribution in [0.2, 0.25) is 0 Å². The molecule has 1 aliphatic heterocycles. The van der Waals surface area contributed by atoms with E-state index in [9.17, 15) is 9.59 Å². The van der Waals surface area contributed by atoms with Crippen molar-refractivity contribution in [1.82, 2.24) is 20.4 Å². The van der Waals surface area contributed by atoms with Gasteiger partial charge in [-0.15, -0.1) is 0 Å². The lowest BCUT2D eigenvalue weighted by molar-refractivity contribution is -0.126. The van der Waals surface area contributed by atoms with Gasteiger partial charge in [0.15, 0.2) is 0 Å². The Labute approximate surface area is 165 Å². The minimum absolute atomic E-state index is 0.0482. The van der Waals surface area contributed by atoms with Crippen molar-refractivity contribution in [3.63, 3.8) is 0 Å². The molecule has 0 aromatic rings. The minimum atomic E-state index is -0.0482. The van der Waals surface area contributed by atoms with Crippen LogP contribution in [0.4, 0.5) is 0 Å². The van der Waals surface area contributed by atoms with Gasteiger partial charge >= 0.3 is 0 Å². The third-order valence-corrected chi connectivity index (χ3v) is 4.55. The fraction of sp³-hybridized carbons (Fsp3) is 0.900. The predicted octanol–water partition coefficient (Wildman–Crippen LogP) is 1.09. The number of rotatable bonds is 12. The Morgan fingerprint density at radius 3 is 2.26 bits per heavy atom. The van der Waals surface area contributed by atoms with E-state index in [0.29, 0.717) is 19.7 Å². The lowest BCUT2D eigenvalue weighted by atomic mass is 9.97. The summed E-state index contributed by atoms with van der Waals surface area (Å²) in [6.45, 7) is 12.9. The third-order valence-electron chi connectivity index (χ3n) is 4.55. The van der Waals surface area contributed by atoms with Crippen LogP contribution in [-0.2, 0) is 14.3 Å². The van der Waals surface area contributed by atoms with Gasteiger partial charge in [-0.05, 0) is 25.3 Å². The van der Waals surface area contributed by atoms with Crippen molar-refractivity contribution in [3.05, 3.63) is 0 Å². The molecule has 0 radical (unpaired) electrons. The van der Waals surface area contributed by atoms with E-state index in [1.165, 1.54) is 0 Å². The van der Waals surface area contributed by atoms with Crippen molar-refractivity contribution < 1.29 is 14.3 Å². The predicted molar refractivity (Wildman–Crippen MR) is 109 cm³/mol. The van der Waals surface area contributed by atoms with Gasteiger partial charge in [0.25, 0.3) is 0 Å². The molecule has 1 aliphatic rings. The van der Waals surface area contributed by atoms with Gasteiger partial charge < -0.3 is 20.3 Å². The highest BCUT2D eigenvalue weighted by Crippen LogP contribution is 2.10. The van der Waals surface area contributed by atoms with E-state index < -0.39 is 0 Å². The molecule has 0 aromatic heterocycles. The molecule has 158 valence electrons. The number of ether oxygens (including phenoxy) is 1. The number of hydrogen-bond donors (Lipinski definition) is 2. The fourth-order valence-electron chi connectivity index (χ4n) is 2.76. The zero-order valence-electron chi connectivity index (χ0n) is 17.8. The zero-order valence-corrected chi connectivity index (χ0v) is 17.8. The highest BCUT2D eigenvalue weighted by atomic mass is 16.5. The van der Waals surface area contributed by atoms with Crippen LogP contribution in [0.25, 0.3) is 0 Å². The summed E-state index contributed by atoms with van der Waals surface area (Å²) in [7, 11) is 2.12. The monoisotopic (exact) mass is 384 g/mol. The lowest BCUT2D eigenvalue weighted by Gasteiger charge is -2.31. The third kappa shape index (κ3) is 13.6. The molecular formula is C20H40N4O3. The van der Waals surface area contributed by atoms with Crippen LogP contribution in [0, 0.1) is 5.41 Å². The molecule has 0 aliphatic carbocycles. The first-order chi connectivity index (χ1) is 12.8. The summed E-state index contributed by atoms with van der Waals surface area (Å²) in [5, 5.41) is 5.88. The van der Waals surface area contributed by atoms with Crippen molar-refractivity contribution in [2.75, 3.05) is 66.1 Å². The van der Waals surface area contributed by atoms with Crippen LogP contribution in [0.3, 0.4) is 0 Å². The van der Waals surface area contributed by atoms with E-state index in [1.54, 1.807) is 0 Å². The number of carbonyl (C=O) groups is 2. The molecule has 0 aromatic carbocycles. The molecule has 2 amide bonds. The molecular weight excluding hydrogens is 344 g/mol. The molecule has 0 bridgehead atoms. The van der Waals surface area contributed by atoms with Gasteiger partial charge in [0.1, 0.15) is 6.61 Å². The molecule has 0 saturated carbocycles. The van der Waals surface area contributed by atoms with E-state index in [-0.39, 0.29) is 23.8 Å². The Kier molecular flexibility index (Phi) is 11.6. The average molecular weight is 385 g/mol. The van der Waals surface area contributed by atoms with Crippen LogP contribution in [0.5, 0.6) is 0 Å². The molecule has 1 saturated heterocycles. The first-order valence-corrected chi connectivity index (χ1v) is 10.3. The Hall–Kier alpha value is -1.18. The number of likely N-dealkylation sites (N-methyl/N-ethyl adjacent to an activating group) is 1. The second kappa shape index (κ2) is 13.1. The summed E-state index contributed by atoms with van der Waals surface area (Å²) in [6, 6.07) is 0. The molecule has 7 heteroatoms. The van der Waals surface area contributed by atoms with Gasteiger partial charge in [-0.1, -0.05) is 33.6 Å². The average Bonchev–Trinajstić information content (AvgIpc) is 2.60. The Morgan fingerprint density at radius 1 is 0.926 bits per heavy atom. The summed E-state index contributed by atoms with van der Waals surface area (Å²) >= 11 is 0. The molecule has 0 unspecified atom stereocenters. The van der Waals surface area contributed by atoms with Gasteiger partial charge in [0.05, 0.1) is 6.54 Å². The number of nitrogens with one attached hydrogen (secondary N) is 2. The summed E-state index contributed by atoms with van der Waals surface area (Å²) < 4.78 is 5.41. The first kappa shape index (κ1) is 23.9. The topological polar surface area (TPSA) is 73.9 Å². The quantitative estimate of drug-likeness (QED) is 0.493. The Balaban J connectivity index is 1.87. The van der Waals surface area contributed by atoms with E-state index in [4.69, 9.17) is 4.74 Å². The molecule has 27 heavy (non-hydrogen) atoms. The van der Waals surface area contributed by atoms with Crippen LogP contribution in [-0.4, -0.2) is 87.7 Å². The van der Waals surface area contributed by atoms with Gasteiger partial charge in [-0.2, -0.15) is 0 Å². The van der Waals surface area contributed by atoms with E-state index in [2.05, 4.69) is 48.3 Å². The second-order valence-electron chi connectivity index (χ2n) is 8.73. The second-order valence-corrected chi connectivity index (χ2v) is 8.73. The largest absolute Gasteiger partial charge is 0.372 e. The summed E-state index contributed by atoms with van der Waals surface area (Å²) in [4.78, 5) is 28.0. The molecule has 7 nitrogen and oxygen atoms in total. The van der Waals surface area contributed by atoms with Gasteiger partial charge in [0, 0.05) is 45.9 Å². The van der Waals surface area contributed by atoms with Crippen LogP contribution < -0.4 is 10.6 Å². The van der Waals surface area contributed by atoms with E-state index >= 15 is 0 Å². The molecule has 1 heterocycles. The van der Waals surface area contributed by atoms with E-state index in [1.807, 2.05) is 0 Å². The Morgan fingerprint density at radius 2 is 1.59 bits per heavy atom. The zero-order chi connectivity index (χ0) is 20.1. The number of amides is 2. The molecule has 1 fully saturated rings. The number of carbonyl (C=O) groups excluding carboxylic acids is 2. The van der Waals surface area contributed by atoms with Crippen LogP contribution in [0.1, 0.15) is 46.5 Å². The molecule has 1 rings (SSSR count).